The number of alkyl halides is 2. The van der Waals surface area contributed by atoms with E-state index in [2.05, 4.69) is 6.92 Å². The standard InChI is InChI=1S/C11H14Cl2O2Si/c1-7-8(2)10(14-3)5-4-9(7)6-15-16-11(12)13/h4-5,11H,6H2,1-3H3. The van der Waals surface area contributed by atoms with Crippen molar-refractivity contribution in [1.29, 1.82) is 0 Å². The van der Waals surface area contributed by atoms with E-state index < -0.39 is 4.46 Å². The molecule has 1 rings (SSSR count). The topological polar surface area (TPSA) is 18.5 Å². The molecule has 0 saturated heterocycles. The highest BCUT2D eigenvalue weighted by Crippen LogP contribution is 2.24. The maximum Gasteiger partial charge on any atom is 0.266 e. The zero-order valence-corrected chi connectivity index (χ0v) is 12.0. The first-order chi connectivity index (χ1) is 7.56. The largest absolute Gasteiger partial charge is 0.496 e. The van der Waals surface area contributed by atoms with Gasteiger partial charge in [-0.25, -0.2) is 0 Å². The Bertz CT molecular complexity index is 356. The second kappa shape index (κ2) is 6.50. The molecule has 0 spiro atoms. The van der Waals surface area contributed by atoms with E-state index in [1.165, 1.54) is 5.56 Å². The van der Waals surface area contributed by atoms with Gasteiger partial charge in [-0.3, -0.25) is 0 Å². The van der Waals surface area contributed by atoms with Gasteiger partial charge in [0.2, 0.25) is 0 Å². The van der Waals surface area contributed by atoms with Gasteiger partial charge in [0.15, 0.2) is 0 Å². The molecule has 0 bridgehead atoms. The highest BCUT2D eigenvalue weighted by Gasteiger charge is 2.08. The molecule has 0 aliphatic rings. The number of methoxy groups -OCH3 is 1. The number of rotatable bonds is 5. The maximum absolute atomic E-state index is 5.60. The van der Waals surface area contributed by atoms with E-state index >= 15 is 0 Å². The van der Waals surface area contributed by atoms with Crippen LogP contribution in [0.2, 0.25) is 0 Å². The van der Waals surface area contributed by atoms with Crippen molar-refractivity contribution in [2.45, 2.75) is 24.9 Å². The summed E-state index contributed by atoms with van der Waals surface area (Å²) in [7, 11) is 1.78. The Labute approximate surface area is 109 Å². The lowest BCUT2D eigenvalue weighted by Gasteiger charge is -2.12. The molecule has 16 heavy (non-hydrogen) atoms. The second-order valence-electron chi connectivity index (χ2n) is 3.38. The average Bonchev–Trinajstić information content (AvgIpc) is 2.24. The Hall–Kier alpha value is -0.223. The summed E-state index contributed by atoms with van der Waals surface area (Å²) in [5.41, 5.74) is 3.46. The summed E-state index contributed by atoms with van der Waals surface area (Å²) in [4.78, 5) is 0. The van der Waals surface area contributed by atoms with E-state index in [0.717, 1.165) is 16.9 Å². The summed E-state index contributed by atoms with van der Waals surface area (Å²) in [6.45, 7) is 4.62. The van der Waals surface area contributed by atoms with Gasteiger partial charge < -0.3 is 9.16 Å². The van der Waals surface area contributed by atoms with Crippen LogP contribution in [-0.2, 0) is 11.0 Å². The van der Waals surface area contributed by atoms with Gasteiger partial charge in [-0.1, -0.05) is 6.07 Å². The minimum atomic E-state index is -0.445. The molecular formula is C11H14Cl2O2Si. The van der Waals surface area contributed by atoms with Crippen LogP contribution < -0.4 is 4.74 Å². The molecule has 1 aromatic carbocycles. The Morgan fingerprint density at radius 3 is 2.50 bits per heavy atom. The Balaban J connectivity index is 2.71. The molecule has 2 nitrogen and oxygen atoms in total. The lowest BCUT2D eigenvalue weighted by atomic mass is 10.0. The monoisotopic (exact) mass is 276 g/mol. The maximum atomic E-state index is 5.60. The van der Waals surface area contributed by atoms with Gasteiger partial charge in [0.05, 0.1) is 13.7 Å². The van der Waals surface area contributed by atoms with Gasteiger partial charge in [0.1, 0.15) is 10.2 Å². The summed E-state index contributed by atoms with van der Waals surface area (Å²) in [6, 6.07) is 3.95. The fourth-order valence-corrected chi connectivity index (χ4v) is 2.15. The van der Waals surface area contributed by atoms with Crippen molar-refractivity contribution in [2.24, 2.45) is 0 Å². The molecule has 88 valence electrons. The van der Waals surface area contributed by atoms with Crippen molar-refractivity contribution >= 4 is 33.0 Å². The molecule has 0 N–H and O–H groups in total. The third-order valence-corrected chi connectivity index (χ3v) is 3.49. The minimum Gasteiger partial charge on any atom is -0.496 e. The zero-order chi connectivity index (χ0) is 12.1. The summed E-state index contributed by atoms with van der Waals surface area (Å²) >= 11 is 11.2. The molecule has 0 aliphatic heterocycles. The van der Waals surface area contributed by atoms with Crippen LogP contribution in [0.15, 0.2) is 12.1 Å². The van der Waals surface area contributed by atoms with Crippen molar-refractivity contribution in [1.82, 2.24) is 0 Å². The summed E-state index contributed by atoms with van der Waals surface area (Å²) in [5.74, 6) is 0.899. The van der Waals surface area contributed by atoms with Crippen LogP contribution in [0.4, 0.5) is 0 Å². The first kappa shape index (κ1) is 13.8. The van der Waals surface area contributed by atoms with E-state index in [0.29, 0.717) is 6.61 Å². The minimum absolute atomic E-state index is 0.104. The normalized spacial score (nSPS) is 10.9. The highest BCUT2D eigenvalue weighted by molar-refractivity contribution is 6.65. The van der Waals surface area contributed by atoms with Crippen molar-refractivity contribution in [2.75, 3.05) is 7.11 Å². The number of ether oxygens (including phenoxy) is 1. The van der Waals surface area contributed by atoms with Crippen LogP contribution >= 0.6 is 23.2 Å². The van der Waals surface area contributed by atoms with Crippen LogP contribution in [0.1, 0.15) is 16.7 Å². The molecule has 0 unspecified atom stereocenters. The Morgan fingerprint density at radius 1 is 1.25 bits per heavy atom. The molecule has 5 heteroatoms. The molecule has 0 aromatic heterocycles. The predicted molar refractivity (Wildman–Crippen MR) is 68.5 cm³/mol. The first-order valence-corrected chi connectivity index (χ1v) is 6.70. The van der Waals surface area contributed by atoms with Gasteiger partial charge in [-0.2, -0.15) is 0 Å². The number of halogens is 2. The SMILES string of the molecule is COc1ccc(CO[Si]C(Cl)Cl)c(C)c1C. The molecule has 0 amide bonds. The number of hydrogen-bond acceptors (Lipinski definition) is 2. The van der Waals surface area contributed by atoms with E-state index in [1.807, 2.05) is 19.1 Å². The van der Waals surface area contributed by atoms with Gasteiger partial charge in [0, 0.05) is 0 Å². The van der Waals surface area contributed by atoms with Gasteiger partial charge >= 0.3 is 0 Å². The fraction of sp³-hybridized carbons (Fsp3) is 0.455. The van der Waals surface area contributed by atoms with Crippen LogP contribution in [0.25, 0.3) is 0 Å². The quantitative estimate of drug-likeness (QED) is 0.608. The molecule has 0 saturated carbocycles. The third kappa shape index (κ3) is 3.66. The molecule has 0 atom stereocenters. The molecule has 1 aromatic rings. The van der Waals surface area contributed by atoms with Crippen molar-refractivity contribution in [3.8, 4) is 5.75 Å². The fourth-order valence-electron chi connectivity index (χ4n) is 1.41. The highest BCUT2D eigenvalue weighted by atomic mass is 35.5. The Kier molecular flexibility index (Phi) is 5.62. The smallest absolute Gasteiger partial charge is 0.266 e. The van der Waals surface area contributed by atoms with E-state index in [1.54, 1.807) is 7.11 Å². The number of benzene rings is 1. The lowest BCUT2D eigenvalue weighted by molar-refractivity contribution is 0.324. The van der Waals surface area contributed by atoms with Crippen LogP contribution in [0.3, 0.4) is 0 Å². The van der Waals surface area contributed by atoms with Crippen molar-refractivity contribution in [3.05, 3.63) is 28.8 Å². The second-order valence-corrected chi connectivity index (χ2v) is 6.31. The molecule has 0 heterocycles. The average molecular weight is 277 g/mol. The van der Waals surface area contributed by atoms with E-state index in [-0.39, 0.29) is 9.76 Å². The van der Waals surface area contributed by atoms with Crippen molar-refractivity contribution in [3.63, 3.8) is 0 Å². The molecule has 0 fully saturated rings. The summed E-state index contributed by atoms with van der Waals surface area (Å²) in [6.07, 6.45) is 0. The first-order valence-electron chi connectivity index (χ1n) is 4.84. The van der Waals surface area contributed by atoms with Crippen LogP contribution in [0, 0.1) is 13.8 Å². The Morgan fingerprint density at radius 2 is 1.94 bits per heavy atom. The lowest BCUT2D eigenvalue weighted by Crippen LogP contribution is -2.08. The molecule has 0 aliphatic carbocycles. The van der Waals surface area contributed by atoms with Crippen molar-refractivity contribution < 1.29 is 9.16 Å². The number of hydrogen-bond donors (Lipinski definition) is 0. The summed E-state index contributed by atoms with van der Waals surface area (Å²) in [5, 5.41) is 0. The summed E-state index contributed by atoms with van der Waals surface area (Å²) < 4.78 is 10.2. The molecular weight excluding hydrogens is 263 g/mol. The van der Waals surface area contributed by atoms with Gasteiger partial charge in [-0.05, 0) is 36.6 Å². The van der Waals surface area contributed by atoms with Crippen LogP contribution in [-0.4, -0.2) is 21.3 Å². The predicted octanol–water partition coefficient (Wildman–Crippen LogP) is 3.21. The van der Waals surface area contributed by atoms with E-state index in [9.17, 15) is 0 Å². The van der Waals surface area contributed by atoms with Crippen LogP contribution in [0.5, 0.6) is 5.75 Å². The zero-order valence-electron chi connectivity index (χ0n) is 9.51. The van der Waals surface area contributed by atoms with E-state index in [4.69, 9.17) is 32.4 Å². The molecule has 2 radical (unpaired) electrons. The van der Waals surface area contributed by atoms with Gasteiger partial charge in [0.25, 0.3) is 9.76 Å². The van der Waals surface area contributed by atoms with Gasteiger partial charge in [-0.15, -0.1) is 23.2 Å². The third-order valence-electron chi connectivity index (χ3n) is 2.47.